The largest absolute Gasteiger partial charge is 0.263 e. The van der Waals surface area contributed by atoms with Crippen LogP contribution in [0.1, 0.15) is 32.6 Å². The number of hydrogen-bond acceptors (Lipinski definition) is 2. The lowest BCUT2D eigenvalue weighted by atomic mass is 10.3. The van der Waals surface area contributed by atoms with Crippen LogP contribution in [0.2, 0.25) is 0 Å². The van der Waals surface area contributed by atoms with Crippen LogP contribution in [0, 0.1) is 6.92 Å². The number of aromatic nitrogens is 1. The van der Waals surface area contributed by atoms with E-state index in [1.54, 1.807) is 11.3 Å². The molecule has 0 aliphatic heterocycles. The normalized spacial score (nSPS) is 8.36. The standard InChI is InChI=1S/C8H7NS.2C2H6/c1-6-4-7-2-3-9-5-8(7)10-6;2*1-2/h2-5H,1H3;2*1-2H3. The molecule has 0 spiro atoms. The number of nitrogens with zero attached hydrogens (tertiary/aromatic N) is 1. The van der Waals surface area contributed by atoms with Crippen molar-refractivity contribution in [3.8, 4) is 0 Å². The van der Waals surface area contributed by atoms with Crippen molar-refractivity contribution < 1.29 is 0 Å². The molecular weight excluding hydrogens is 190 g/mol. The lowest BCUT2D eigenvalue weighted by Gasteiger charge is -1.81. The van der Waals surface area contributed by atoms with E-state index < -0.39 is 0 Å². The Balaban J connectivity index is 0.000000379. The van der Waals surface area contributed by atoms with E-state index in [-0.39, 0.29) is 0 Å². The third kappa shape index (κ3) is 3.46. The Morgan fingerprint density at radius 2 is 1.79 bits per heavy atom. The lowest BCUT2D eigenvalue weighted by molar-refractivity contribution is 1.37. The second-order valence-electron chi connectivity index (χ2n) is 2.27. The quantitative estimate of drug-likeness (QED) is 0.615. The fourth-order valence-electron chi connectivity index (χ4n) is 1.02. The molecule has 0 unspecified atom stereocenters. The van der Waals surface area contributed by atoms with E-state index >= 15 is 0 Å². The third-order valence-electron chi connectivity index (χ3n) is 1.45. The predicted octanol–water partition coefficient (Wildman–Crippen LogP) is 4.66. The van der Waals surface area contributed by atoms with Gasteiger partial charge in [-0.2, -0.15) is 0 Å². The zero-order chi connectivity index (χ0) is 11.0. The molecule has 0 fully saturated rings. The summed E-state index contributed by atoms with van der Waals surface area (Å²) in [4.78, 5) is 5.39. The van der Waals surface area contributed by atoms with Crippen molar-refractivity contribution >= 4 is 21.4 Å². The Hall–Kier alpha value is -0.890. The maximum Gasteiger partial charge on any atom is 0.0528 e. The van der Waals surface area contributed by atoms with Gasteiger partial charge in [-0.1, -0.05) is 27.7 Å². The van der Waals surface area contributed by atoms with Crippen molar-refractivity contribution in [3.63, 3.8) is 0 Å². The van der Waals surface area contributed by atoms with E-state index in [1.807, 2.05) is 46.2 Å². The van der Waals surface area contributed by atoms with Crippen molar-refractivity contribution in [2.75, 3.05) is 0 Å². The molecule has 78 valence electrons. The zero-order valence-electron chi connectivity index (χ0n) is 9.66. The van der Waals surface area contributed by atoms with E-state index in [4.69, 9.17) is 0 Å². The molecule has 0 saturated heterocycles. The van der Waals surface area contributed by atoms with E-state index in [9.17, 15) is 0 Å². The molecule has 0 amide bonds. The predicted molar refractivity (Wildman–Crippen MR) is 67.1 cm³/mol. The molecule has 1 nitrogen and oxygen atoms in total. The average Bonchev–Trinajstić information content (AvgIpc) is 2.64. The summed E-state index contributed by atoms with van der Waals surface area (Å²) in [6, 6.07) is 4.22. The van der Waals surface area contributed by atoms with Gasteiger partial charge in [-0.25, -0.2) is 0 Å². The first kappa shape index (κ1) is 13.1. The van der Waals surface area contributed by atoms with Crippen molar-refractivity contribution in [1.29, 1.82) is 0 Å². The number of rotatable bonds is 0. The van der Waals surface area contributed by atoms with E-state index in [1.165, 1.54) is 15.0 Å². The third-order valence-corrected chi connectivity index (χ3v) is 2.45. The van der Waals surface area contributed by atoms with Crippen LogP contribution in [-0.2, 0) is 0 Å². The van der Waals surface area contributed by atoms with Crippen LogP contribution in [0.5, 0.6) is 0 Å². The maximum atomic E-state index is 4.04. The lowest BCUT2D eigenvalue weighted by Crippen LogP contribution is -1.64. The summed E-state index contributed by atoms with van der Waals surface area (Å²) in [6.45, 7) is 10.1. The summed E-state index contributed by atoms with van der Waals surface area (Å²) < 4.78 is 1.28. The first-order valence-corrected chi connectivity index (χ1v) is 5.98. The van der Waals surface area contributed by atoms with Crippen LogP contribution < -0.4 is 0 Å². The molecule has 0 aliphatic carbocycles. The first-order valence-electron chi connectivity index (χ1n) is 5.16. The first-order chi connectivity index (χ1) is 6.86. The van der Waals surface area contributed by atoms with E-state index in [0.717, 1.165) is 0 Å². The summed E-state index contributed by atoms with van der Waals surface area (Å²) in [6.07, 6.45) is 3.74. The van der Waals surface area contributed by atoms with Gasteiger partial charge in [0.05, 0.1) is 4.70 Å². The summed E-state index contributed by atoms with van der Waals surface area (Å²) in [5, 5.41) is 1.30. The fraction of sp³-hybridized carbons (Fsp3) is 0.417. The molecular formula is C12H19NS. The summed E-state index contributed by atoms with van der Waals surface area (Å²) in [5.74, 6) is 0. The SMILES string of the molecule is CC.CC.Cc1cc2ccncc2s1. The van der Waals surface area contributed by atoms with Gasteiger partial charge in [0.2, 0.25) is 0 Å². The van der Waals surface area contributed by atoms with Gasteiger partial charge < -0.3 is 0 Å². The highest BCUT2D eigenvalue weighted by Crippen LogP contribution is 2.22. The van der Waals surface area contributed by atoms with Gasteiger partial charge in [-0.3, -0.25) is 4.98 Å². The molecule has 2 aromatic heterocycles. The smallest absolute Gasteiger partial charge is 0.0528 e. The molecule has 2 heterocycles. The van der Waals surface area contributed by atoms with Crippen LogP contribution in [0.3, 0.4) is 0 Å². The number of hydrogen-bond donors (Lipinski definition) is 0. The molecule has 0 saturated carbocycles. The summed E-state index contributed by atoms with van der Waals surface area (Å²) >= 11 is 1.79. The highest BCUT2D eigenvalue weighted by Gasteiger charge is 1.94. The highest BCUT2D eigenvalue weighted by atomic mass is 32.1. The minimum atomic E-state index is 1.28. The van der Waals surface area contributed by atoms with Crippen LogP contribution in [0.25, 0.3) is 10.1 Å². The summed E-state index contributed by atoms with van der Waals surface area (Å²) in [7, 11) is 0. The maximum absolute atomic E-state index is 4.04. The van der Waals surface area contributed by atoms with Gasteiger partial charge in [0.25, 0.3) is 0 Å². The molecule has 0 bridgehead atoms. The molecule has 0 aliphatic rings. The Morgan fingerprint density at radius 3 is 2.36 bits per heavy atom. The molecule has 0 atom stereocenters. The minimum Gasteiger partial charge on any atom is -0.263 e. The van der Waals surface area contributed by atoms with Crippen molar-refractivity contribution in [3.05, 3.63) is 29.4 Å². The number of thiophene rings is 1. The fourth-order valence-corrected chi connectivity index (χ4v) is 1.91. The zero-order valence-corrected chi connectivity index (χ0v) is 10.5. The average molecular weight is 209 g/mol. The monoisotopic (exact) mass is 209 g/mol. The number of pyridine rings is 1. The molecule has 0 radical (unpaired) electrons. The van der Waals surface area contributed by atoms with E-state index in [2.05, 4.69) is 18.0 Å². The van der Waals surface area contributed by atoms with Gasteiger partial charge in [0, 0.05) is 17.3 Å². The Labute approximate surface area is 90.8 Å². The molecule has 0 aromatic carbocycles. The van der Waals surface area contributed by atoms with Gasteiger partial charge in [0.1, 0.15) is 0 Å². The molecule has 2 heteroatoms. The van der Waals surface area contributed by atoms with Crippen LogP contribution >= 0.6 is 11.3 Å². The van der Waals surface area contributed by atoms with Crippen LogP contribution in [0.15, 0.2) is 24.5 Å². The number of fused-ring (bicyclic) bond motifs is 1. The van der Waals surface area contributed by atoms with Crippen LogP contribution in [-0.4, -0.2) is 4.98 Å². The van der Waals surface area contributed by atoms with Crippen molar-refractivity contribution in [1.82, 2.24) is 4.98 Å². The van der Waals surface area contributed by atoms with Crippen molar-refractivity contribution in [2.45, 2.75) is 34.6 Å². The second kappa shape index (κ2) is 7.51. The van der Waals surface area contributed by atoms with E-state index in [0.29, 0.717) is 0 Å². The Morgan fingerprint density at radius 1 is 1.14 bits per heavy atom. The molecule has 2 rings (SSSR count). The summed E-state index contributed by atoms with van der Waals surface area (Å²) in [5.41, 5.74) is 0. The topological polar surface area (TPSA) is 12.9 Å². The van der Waals surface area contributed by atoms with Crippen LogP contribution in [0.4, 0.5) is 0 Å². The number of aryl methyl sites for hydroxylation is 1. The van der Waals surface area contributed by atoms with Gasteiger partial charge in [0.15, 0.2) is 0 Å². The van der Waals surface area contributed by atoms with Gasteiger partial charge in [-0.15, -0.1) is 11.3 Å². The minimum absolute atomic E-state index is 1.28. The van der Waals surface area contributed by atoms with Gasteiger partial charge in [-0.05, 0) is 24.4 Å². The second-order valence-corrected chi connectivity index (χ2v) is 3.56. The van der Waals surface area contributed by atoms with Gasteiger partial charge >= 0.3 is 0 Å². The molecule has 2 aromatic rings. The highest BCUT2D eigenvalue weighted by molar-refractivity contribution is 7.18. The molecule has 0 N–H and O–H groups in total. The Bertz CT molecular complexity index is 319. The molecule has 14 heavy (non-hydrogen) atoms. The van der Waals surface area contributed by atoms with Crippen molar-refractivity contribution in [2.24, 2.45) is 0 Å². The Kier molecular flexibility index (Phi) is 7.03.